The first kappa shape index (κ1) is 16.5. The van der Waals surface area contributed by atoms with Crippen molar-refractivity contribution in [3.05, 3.63) is 29.8 Å². The molecule has 0 bridgehead atoms. The van der Waals surface area contributed by atoms with Gasteiger partial charge in [0.1, 0.15) is 0 Å². The van der Waals surface area contributed by atoms with Gasteiger partial charge in [0.2, 0.25) is 0 Å². The van der Waals surface area contributed by atoms with Gasteiger partial charge in [0.15, 0.2) is 0 Å². The Morgan fingerprint density at radius 2 is 2.11 bits per heavy atom. The van der Waals surface area contributed by atoms with Crippen LogP contribution in [0.1, 0.15) is 32.8 Å². The first-order valence-electron chi connectivity index (χ1n) is 7.22. The molecule has 0 heterocycles. The number of benzene rings is 1. The Labute approximate surface area is 122 Å². The minimum absolute atomic E-state index is 0.732. The maximum atomic E-state index is 5.63. The monoisotopic (exact) mass is 281 g/mol. The van der Waals surface area contributed by atoms with E-state index in [4.69, 9.17) is 4.74 Å². The highest BCUT2D eigenvalue weighted by atomic mass is 32.2. The van der Waals surface area contributed by atoms with Crippen LogP contribution in [0.15, 0.2) is 29.2 Å². The van der Waals surface area contributed by atoms with Crippen molar-refractivity contribution >= 4 is 11.8 Å². The molecule has 1 N–H and O–H groups in total. The first-order chi connectivity index (χ1) is 9.22. The lowest BCUT2D eigenvalue weighted by Crippen LogP contribution is -2.11. The van der Waals surface area contributed by atoms with Crippen molar-refractivity contribution < 1.29 is 4.74 Å². The third kappa shape index (κ3) is 8.30. The molecule has 108 valence electrons. The van der Waals surface area contributed by atoms with E-state index in [9.17, 15) is 0 Å². The number of rotatable bonds is 10. The summed E-state index contributed by atoms with van der Waals surface area (Å²) in [5.74, 6) is 1.76. The molecule has 0 aromatic heterocycles. The summed E-state index contributed by atoms with van der Waals surface area (Å²) < 4.78 is 5.63. The van der Waals surface area contributed by atoms with Crippen LogP contribution in [0.2, 0.25) is 0 Å². The van der Waals surface area contributed by atoms with Gasteiger partial charge in [-0.25, -0.2) is 0 Å². The van der Waals surface area contributed by atoms with Crippen molar-refractivity contribution in [2.24, 2.45) is 5.92 Å². The molecule has 0 saturated carbocycles. The molecule has 0 aliphatic heterocycles. The van der Waals surface area contributed by atoms with Crippen molar-refractivity contribution in [2.45, 2.75) is 38.6 Å². The van der Waals surface area contributed by atoms with E-state index in [1.807, 2.05) is 11.8 Å². The van der Waals surface area contributed by atoms with E-state index in [0.717, 1.165) is 44.4 Å². The van der Waals surface area contributed by atoms with Gasteiger partial charge in [0, 0.05) is 23.8 Å². The van der Waals surface area contributed by atoms with Crippen molar-refractivity contribution in [3.8, 4) is 0 Å². The first-order valence-corrected chi connectivity index (χ1v) is 8.21. The molecule has 3 heteroatoms. The predicted molar refractivity (Wildman–Crippen MR) is 84.8 cm³/mol. The van der Waals surface area contributed by atoms with Gasteiger partial charge < -0.3 is 10.1 Å². The average molecular weight is 281 g/mol. The minimum atomic E-state index is 0.732. The highest BCUT2D eigenvalue weighted by Gasteiger charge is 1.98. The Balaban J connectivity index is 2.18. The quantitative estimate of drug-likeness (QED) is 0.518. The van der Waals surface area contributed by atoms with Crippen molar-refractivity contribution in [3.63, 3.8) is 0 Å². The molecule has 1 aromatic rings. The Morgan fingerprint density at radius 1 is 1.26 bits per heavy atom. The van der Waals surface area contributed by atoms with Crippen molar-refractivity contribution in [2.75, 3.05) is 25.5 Å². The predicted octanol–water partition coefficient (Wildman–Crippen LogP) is 3.95. The minimum Gasteiger partial charge on any atom is -0.381 e. The highest BCUT2D eigenvalue weighted by molar-refractivity contribution is 7.99. The van der Waals surface area contributed by atoms with Gasteiger partial charge in [-0.15, -0.1) is 11.8 Å². The van der Waals surface area contributed by atoms with Gasteiger partial charge in [0.05, 0.1) is 6.61 Å². The summed E-state index contributed by atoms with van der Waals surface area (Å²) in [7, 11) is 0. The Morgan fingerprint density at radius 3 is 2.84 bits per heavy atom. The third-order valence-electron chi connectivity index (χ3n) is 2.81. The lowest BCUT2D eigenvalue weighted by atomic mass is 10.1. The molecule has 0 aliphatic rings. The smallest absolute Gasteiger partial charge is 0.0560 e. The van der Waals surface area contributed by atoms with Crippen LogP contribution < -0.4 is 5.32 Å². The number of nitrogens with one attached hydrogen (secondary N) is 1. The molecule has 1 rings (SSSR count). The number of hydrogen-bond acceptors (Lipinski definition) is 3. The van der Waals surface area contributed by atoms with E-state index >= 15 is 0 Å². The Bertz CT molecular complexity index is 341. The lowest BCUT2D eigenvalue weighted by molar-refractivity contribution is 0.138. The molecule has 1 aromatic carbocycles. The third-order valence-corrected chi connectivity index (χ3v) is 3.77. The number of thioether (sulfide) groups is 1. The van der Waals surface area contributed by atoms with Crippen LogP contribution in [-0.4, -0.2) is 25.5 Å². The fourth-order valence-corrected chi connectivity index (χ4v) is 2.50. The highest BCUT2D eigenvalue weighted by Crippen LogP contribution is 2.19. The maximum Gasteiger partial charge on any atom is 0.0560 e. The van der Waals surface area contributed by atoms with Crippen molar-refractivity contribution in [1.29, 1.82) is 0 Å². The summed E-state index contributed by atoms with van der Waals surface area (Å²) >= 11 is 1.87. The summed E-state index contributed by atoms with van der Waals surface area (Å²) in [5, 5.41) is 3.35. The number of hydrogen-bond donors (Lipinski definition) is 1. The Kier molecular flexibility index (Phi) is 8.97. The fourth-order valence-electron chi connectivity index (χ4n) is 1.65. The van der Waals surface area contributed by atoms with E-state index < -0.39 is 0 Å². The standard InChI is InChI=1S/C16H27NOS/c1-4-17-13-15-6-5-7-16(12-15)19-11-10-18-9-8-14(2)3/h5-7,12,14,17H,4,8-11,13H2,1-3H3. The second kappa shape index (κ2) is 10.3. The fraction of sp³-hybridized carbons (Fsp3) is 0.625. The van der Waals surface area contributed by atoms with Crippen LogP contribution in [0.5, 0.6) is 0 Å². The Hall–Kier alpha value is -0.510. The molecule has 0 aliphatic carbocycles. The van der Waals surface area contributed by atoms with Crippen LogP contribution in [0.3, 0.4) is 0 Å². The topological polar surface area (TPSA) is 21.3 Å². The second-order valence-corrected chi connectivity index (χ2v) is 6.24. The van der Waals surface area contributed by atoms with E-state index in [-0.39, 0.29) is 0 Å². The van der Waals surface area contributed by atoms with Crippen LogP contribution in [0.4, 0.5) is 0 Å². The molecule has 0 atom stereocenters. The summed E-state index contributed by atoms with van der Waals surface area (Å²) in [6.07, 6.45) is 1.16. The van der Waals surface area contributed by atoms with Crippen LogP contribution in [0.25, 0.3) is 0 Å². The van der Waals surface area contributed by atoms with E-state index in [0.29, 0.717) is 0 Å². The largest absolute Gasteiger partial charge is 0.381 e. The van der Waals surface area contributed by atoms with Gasteiger partial charge in [-0.3, -0.25) is 0 Å². The molecule has 0 fully saturated rings. The lowest BCUT2D eigenvalue weighted by Gasteiger charge is -2.07. The molecule has 0 amide bonds. The summed E-state index contributed by atoms with van der Waals surface area (Å²) in [6, 6.07) is 8.75. The van der Waals surface area contributed by atoms with Gasteiger partial charge in [-0.05, 0) is 36.6 Å². The molecule has 0 radical (unpaired) electrons. The molecule has 19 heavy (non-hydrogen) atoms. The van der Waals surface area contributed by atoms with E-state index in [2.05, 4.69) is 50.4 Å². The van der Waals surface area contributed by atoms with Crippen LogP contribution in [-0.2, 0) is 11.3 Å². The van der Waals surface area contributed by atoms with Gasteiger partial charge in [0.25, 0.3) is 0 Å². The zero-order chi connectivity index (χ0) is 13.9. The molecule has 0 spiro atoms. The van der Waals surface area contributed by atoms with Gasteiger partial charge in [-0.2, -0.15) is 0 Å². The zero-order valence-corrected chi connectivity index (χ0v) is 13.3. The van der Waals surface area contributed by atoms with E-state index in [1.165, 1.54) is 10.5 Å². The molecule has 2 nitrogen and oxygen atoms in total. The maximum absolute atomic E-state index is 5.63. The molecular weight excluding hydrogens is 254 g/mol. The van der Waals surface area contributed by atoms with E-state index in [1.54, 1.807) is 0 Å². The molecule has 0 saturated heterocycles. The SMILES string of the molecule is CCNCc1cccc(SCCOCCC(C)C)c1. The second-order valence-electron chi connectivity index (χ2n) is 5.07. The molecule has 0 unspecified atom stereocenters. The van der Waals surface area contributed by atoms with Crippen LogP contribution >= 0.6 is 11.8 Å². The summed E-state index contributed by atoms with van der Waals surface area (Å²) in [6.45, 7) is 10.3. The van der Waals surface area contributed by atoms with Crippen LogP contribution in [0, 0.1) is 5.92 Å². The average Bonchev–Trinajstić information content (AvgIpc) is 2.40. The number of ether oxygens (including phenoxy) is 1. The summed E-state index contributed by atoms with van der Waals surface area (Å²) in [4.78, 5) is 1.34. The molecular formula is C16H27NOS. The zero-order valence-electron chi connectivity index (χ0n) is 12.4. The van der Waals surface area contributed by atoms with Gasteiger partial charge >= 0.3 is 0 Å². The van der Waals surface area contributed by atoms with Gasteiger partial charge in [-0.1, -0.05) is 32.9 Å². The van der Waals surface area contributed by atoms with Crippen molar-refractivity contribution in [1.82, 2.24) is 5.32 Å². The summed E-state index contributed by atoms with van der Waals surface area (Å²) in [5.41, 5.74) is 1.35. The normalized spacial score (nSPS) is 11.2.